The lowest BCUT2D eigenvalue weighted by Gasteiger charge is -2.00. The van der Waals surface area contributed by atoms with Crippen molar-refractivity contribution in [1.82, 2.24) is 0 Å². The van der Waals surface area contributed by atoms with Crippen LogP contribution in [0.3, 0.4) is 0 Å². The number of ketones is 1. The highest BCUT2D eigenvalue weighted by Gasteiger charge is 2.22. The molecule has 0 aliphatic heterocycles. The standard InChI is InChI=1S/C10H9FO/c1-6-4-8-7(9(11)5-6)2-3-10(8)12/h4-5H,2-3H2,1H3. The number of rotatable bonds is 0. The van der Waals surface area contributed by atoms with Gasteiger partial charge in [-0.05, 0) is 36.6 Å². The zero-order valence-electron chi connectivity index (χ0n) is 6.86. The molecular formula is C10H9FO. The molecule has 0 spiro atoms. The Morgan fingerprint density at radius 3 is 2.83 bits per heavy atom. The number of benzene rings is 1. The Labute approximate surface area is 70.2 Å². The first kappa shape index (κ1) is 7.47. The van der Waals surface area contributed by atoms with E-state index in [0.717, 1.165) is 5.56 Å². The van der Waals surface area contributed by atoms with Gasteiger partial charge in [-0.3, -0.25) is 4.79 Å². The number of halogens is 1. The third kappa shape index (κ3) is 0.951. The van der Waals surface area contributed by atoms with E-state index < -0.39 is 0 Å². The topological polar surface area (TPSA) is 17.1 Å². The van der Waals surface area contributed by atoms with E-state index in [-0.39, 0.29) is 11.6 Å². The van der Waals surface area contributed by atoms with Crippen LogP contribution in [0, 0.1) is 12.7 Å². The van der Waals surface area contributed by atoms with Crippen molar-refractivity contribution in [2.45, 2.75) is 19.8 Å². The van der Waals surface area contributed by atoms with Crippen LogP contribution >= 0.6 is 0 Å². The van der Waals surface area contributed by atoms with Crippen molar-refractivity contribution in [2.24, 2.45) is 0 Å². The van der Waals surface area contributed by atoms with Crippen LogP contribution in [0.2, 0.25) is 0 Å². The quantitative estimate of drug-likeness (QED) is 0.574. The normalized spacial score (nSPS) is 15.0. The highest BCUT2D eigenvalue weighted by Crippen LogP contribution is 2.25. The molecule has 2 rings (SSSR count). The molecule has 0 aromatic heterocycles. The number of fused-ring (bicyclic) bond motifs is 1. The average molecular weight is 164 g/mol. The summed E-state index contributed by atoms with van der Waals surface area (Å²) in [5.74, 6) is -0.150. The van der Waals surface area contributed by atoms with E-state index >= 15 is 0 Å². The fourth-order valence-corrected chi connectivity index (χ4v) is 1.65. The Bertz CT molecular complexity index is 355. The molecule has 0 heterocycles. The molecule has 0 amide bonds. The van der Waals surface area contributed by atoms with Crippen molar-refractivity contribution in [3.8, 4) is 0 Å². The second kappa shape index (κ2) is 2.41. The smallest absolute Gasteiger partial charge is 0.163 e. The van der Waals surface area contributed by atoms with Crippen molar-refractivity contribution in [3.05, 3.63) is 34.6 Å². The molecule has 1 aromatic carbocycles. The highest BCUT2D eigenvalue weighted by atomic mass is 19.1. The van der Waals surface area contributed by atoms with Crippen LogP contribution in [0.4, 0.5) is 4.39 Å². The summed E-state index contributed by atoms with van der Waals surface area (Å²) in [5, 5.41) is 0. The molecule has 0 saturated carbocycles. The zero-order chi connectivity index (χ0) is 8.72. The number of carbonyl (C=O) groups excluding carboxylic acids is 1. The Hall–Kier alpha value is -1.18. The van der Waals surface area contributed by atoms with E-state index in [9.17, 15) is 9.18 Å². The van der Waals surface area contributed by atoms with Crippen molar-refractivity contribution >= 4 is 5.78 Å². The molecule has 12 heavy (non-hydrogen) atoms. The predicted molar refractivity (Wildman–Crippen MR) is 43.8 cm³/mol. The first-order valence-electron chi connectivity index (χ1n) is 4.00. The summed E-state index contributed by atoms with van der Waals surface area (Å²) >= 11 is 0. The van der Waals surface area contributed by atoms with Gasteiger partial charge < -0.3 is 0 Å². The van der Waals surface area contributed by atoms with Crippen LogP contribution < -0.4 is 0 Å². The minimum atomic E-state index is -0.226. The number of Topliss-reactive ketones (excluding diaryl/α,β-unsaturated/α-hetero) is 1. The molecule has 1 nitrogen and oxygen atoms in total. The van der Waals surface area contributed by atoms with Gasteiger partial charge in [0.2, 0.25) is 0 Å². The van der Waals surface area contributed by atoms with Gasteiger partial charge in [0.05, 0.1) is 0 Å². The van der Waals surface area contributed by atoms with E-state index in [4.69, 9.17) is 0 Å². The van der Waals surface area contributed by atoms with E-state index in [2.05, 4.69) is 0 Å². The van der Waals surface area contributed by atoms with E-state index in [1.54, 1.807) is 13.0 Å². The fraction of sp³-hybridized carbons (Fsp3) is 0.300. The number of aryl methyl sites for hydroxylation is 1. The minimum Gasteiger partial charge on any atom is -0.294 e. The third-order valence-corrected chi connectivity index (χ3v) is 2.24. The van der Waals surface area contributed by atoms with Gasteiger partial charge in [-0.15, -0.1) is 0 Å². The number of hydrogen-bond donors (Lipinski definition) is 0. The van der Waals surface area contributed by atoms with Gasteiger partial charge in [-0.25, -0.2) is 4.39 Å². The molecule has 0 fully saturated rings. The van der Waals surface area contributed by atoms with Crippen LogP contribution in [-0.4, -0.2) is 5.78 Å². The Morgan fingerprint density at radius 2 is 2.08 bits per heavy atom. The lowest BCUT2D eigenvalue weighted by molar-refractivity contribution is 0.0994. The molecule has 0 unspecified atom stereocenters. The van der Waals surface area contributed by atoms with Crippen LogP contribution in [0.1, 0.15) is 27.9 Å². The Balaban J connectivity index is 2.68. The second-order valence-electron chi connectivity index (χ2n) is 3.20. The molecule has 1 aromatic rings. The molecule has 1 aliphatic rings. The van der Waals surface area contributed by atoms with Crippen molar-refractivity contribution in [1.29, 1.82) is 0 Å². The van der Waals surface area contributed by atoms with Crippen LogP contribution in [0.5, 0.6) is 0 Å². The lowest BCUT2D eigenvalue weighted by atomic mass is 10.1. The molecular weight excluding hydrogens is 155 g/mol. The van der Waals surface area contributed by atoms with Gasteiger partial charge in [-0.1, -0.05) is 0 Å². The lowest BCUT2D eigenvalue weighted by Crippen LogP contribution is -1.94. The molecule has 0 atom stereocenters. The van der Waals surface area contributed by atoms with Crippen molar-refractivity contribution in [3.63, 3.8) is 0 Å². The van der Waals surface area contributed by atoms with Gasteiger partial charge in [0.25, 0.3) is 0 Å². The van der Waals surface area contributed by atoms with E-state index in [0.29, 0.717) is 24.0 Å². The van der Waals surface area contributed by atoms with Crippen LogP contribution in [0.15, 0.2) is 12.1 Å². The Kier molecular flexibility index (Phi) is 1.50. The maximum atomic E-state index is 13.2. The summed E-state index contributed by atoms with van der Waals surface area (Å²) in [5.41, 5.74) is 2.01. The van der Waals surface area contributed by atoms with Gasteiger partial charge in [-0.2, -0.15) is 0 Å². The molecule has 1 aliphatic carbocycles. The maximum Gasteiger partial charge on any atom is 0.163 e. The van der Waals surface area contributed by atoms with Gasteiger partial charge in [0, 0.05) is 12.0 Å². The summed E-state index contributed by atoms with van der Waals surface area (Å²) in [6.45, 7) is 1.80. The molecule has 62 valence electrons. The molecule has 0 bridgehead atoms. The van der Waals surface area contributed by atoms with E-state index in [1.807, 2.05) is 0 Å². The highest BCUT2D eigenvalue weighted by molar-refractivity contribution is 6.00. The van der Waals surface area contributed by atoms with Crippen LogP contribution in [-0.2, 0) is 6.42 Å². The number of carbonyl (C=O) groups is 1. The monoisotopic (exact) mass is 164 g/mol. The average Bonchev–Trinajstić information content (AvgIpc) is 2.33. The number of hydrogen-bond acceptors (Lipinski definition) is 1. The van der Waals surface area contributed by atoms with Crippen molar-refractivity contribution in [2.75, 3.05) is 0 Å². The fourth-order valence-electron chi connectivity index (χ4n) is 1.65. The first-order valence-corrected chi connectivity index (χ1v) is 4.00. The summed E-state index contributed by atoms with van der Waals surface area (Å²) in [6.07, 6.45) is 1.04. The third-order valence-electron chi connectivity index (χ3n) is 2.24. The largest absolute Gasteiger partial charge is 0.294 e. The second-order valence-corrected chi connectivity index (χ2v) is 3.20. The zero-order valence-corrected chi connectivity index (χ0v) is 6.86. The minimum absolute atomic E-state index is 0.0765. The summed E-state index contributed by atoms with van der Waals surface area (Å²) < 4.78 is 13.2. The van der Waals surface area contributed by atoms with Crippen LogP contribution in [0.25, 0.3) is 0 Å². The molecule has 0 saturated heterocycles. The first-order chi connectivity index (χ1) is 5.68. The summed E-state index contributed by atoms with van der Waals surface area (Å²) in [7, 11) is 0. The van der Waals surface area contributed by atoms with Gasteiger partial charge >= 0.3 is 0 Å². The SMILES string of the molecule is Cc1cc(F)c2c(c1)C(=O)CC2. The molecule has 0 N–H and O–H groups in total. The van der Waals surface area contributed by atoms with Crippen molar-refractivity contribution < 1.29 is 9.18 Å². The maximum absolute atomic E-state index is 13.2. The summed E-state index contributed by atoms with van der Waals surface area (Å²) in [4.78, 5) is 11.2. The molecule has 2 heteroatoms. The van der Waals surface area contributed by atoms with Gasteiger partial charge in [0.15, 0.2) is 5.78 Å². The van der Waals surface area contributed by atoms with E-state index in [1.165, 1.54) is 6.07 Å². The predicted octanol–water partition coefficient (Wildman–Crippen LogP) is 2.26. The summed E-state index contributed by atoms with van der Waals surface area (Å²) in [6, 6.07) is 3.26. The molecule has 0 radical (unpaired) electrons. The van der Waals surface area contributed by atoms with Gasteiger partial charge in [0.1, 0.15) is 5.82 Å². The Morgan fingerprint density at radius 1 is 1.33 bits per heavy atom.